The molecule has 4 rings (SSSR count). The van der Waals surface area contributed by atoms with Gasteiger partial charge >= 0.3 is 0 Å². The Kier molecular flexibility index (Phi) is 6.80. The smallest absolute Gasteiger partial charge is 0.212 e. The van der Waals surface area contributed by atoms with Crippen LogP contribution in [0.3, 0.4) is 0 Å². The lowest BCUT2D eigenvalue weighted by Crippen LogP contribution is -2.39. The maximum atomic E-state index is 14.6. The number of nitriles is 1. The average Bonchev–Trinajstić information content (AvgIpc) is 3.64. The Morgan fingerprint density at radius 3 is 2.48 bits per heavy atom. The van der Waals surface area contributed by atoms with Gasteiger partial charge in [-0.25, -0.2) is 13.8 Å². The van der Waals surface area contributed by atoms with Gasteiger partial charge in [0, 0.05) is 24.7 Å². The van der Waals surface area contributed by atoms with Crippen LogP contribution in [0.1, 0.15) is 53.9 Å². The van der Waals surface area contributed by atoms with Crippen molar-refractivity contribution in [2.24, 2.45) is 10.7 Å². The molecule has 0 unspecified atom stereocenters. The molecule has 6 nitrogen and oxygen atoms in total. The number of aliphatic imine (C=N–C) groups is 1. The van der Waals surface area contributed by atoms with Crippen molar-refractivity contribution in [2.45, 2.75) is 37.6 Å². The summed E-state index contributed by atoms with van der Waals surface area (Å²) in [5.74, 6) is -0.00351. The lowest BCUT2D eigenvalue weighted by molar-refractivity contribution is -0.108. The predicted octanol–water partition coefficient (Wildman–Crippen LogP) is 3.63. The third-order valence-corrected chi connectivity index (χ3v) is 5.99. The van der Waals surface area contributed by atoms with E-state index in [0.29, 0.717) is 42.4 Å². The molecule has 2 fully saturated rings. The number of hydrogen-bond acceptors (Lipinski definition) is 5. The highest BCUT2D eigenvalue weighted by molar-refractivity contribution is 6.04. The molecule has 2 aliphatic rings. The Bertz CT molecular complexity index is 1140. The molecule has 2 aromatic rings. The number of hydrogen-bond donors (Lipinski definition) is 2. The summed E-state index contributed by atoms with van der Waals surface area (Å²) >= 11 is 0. The molecule has 3 N–H and O–H groups in total. The van der Waals surface area contributed by atoms with Gasteiger partial charge in [-0.1, -0.05) is 12.1 Å². The van der Waals surface area contributed by atoms with Crippen LogP contribution in [-0.2, 0) is 4.79 Å². The number of amidine groups is 1. The van der Waals surface area contributed by atoms with E-state index < -0.39 is 5.82 Å². The normalized spacial score (nSPS) is 17.6. The predicted molar refractivity (Wildman–Crippen MR) is 122 cm³/mol. The van der Waals surface area contributed by atoms with Crippen LogP contribution in [0.25, 0.3) is 6.08 Å². The van der Waals surface area contributed by atoms with Crippen molar-refractivity contribution >= 4 is 18.3 Å². The largest absolute Gasteiger partial charge is 0.356 e. The number of carbonyl (C=O) groups excluding carboxylic acids is 1. The van der Waals surface area contributed by atoms with Gasteiger partial charge in [0.05, 0.1) is 5.56 Å². The maximum Gasteiger partial charge on any atom is 0.212 e. The van der Waals surface area contributed by atoms with Crippen LogP contribution in [-0.4, -0.2) is 36.3 Å². The highest BCUT2D eigenvalue weighted by Gasteiger charge is 2.26. The van der Waals surface area contributed by atoms with E-state index in [9.17, 15) is 13.6 Å². The zero-order valence-corrected chi connectivity index (χ0v) is 18.1. The molecule has 0 radical (unpaired) electrons. The average molecular weight is 450 g/mol. The highest BCUT2D eigenvalue weighted by atomic mass is 19.1. The first-order valence-electron chi connectivity index (χ1n) is 11.0. The van der Waals surface area contributed by atoms with Gasteiger partial charge in [0.25, 0.3) is 0 Å². The molecule has 1 heterocycles. The fraction of sp³-hybridized carbons (Fsp3) is 0.320. The SMILES string of the molecule is N#Cc1ccc(/C(=N/C(=C\c2ccc(C3CC3)c(F)c2)N2CCC(N)CC2)NC=O)cc1F. The van der Waals surface area contributed by atoms with Crippen molar-refractivity contribution in [2.75, 3.05) is 13.1 Å². The summed E-state index contributed by atoms with van der Waals surface area (Å²) in [5, 5.41) is 11.5. The maximum absolute atomic E-state index is 14.6. The Labute approximate surface area is 191 Å². The topological polar surface area (TPSA) is 94.5 Å². The number of halogens is 2. The lowest BCUT2D eigenvalue weighted by Gasteiger charge is -2.32. The number of carbonyl (C=O) groups is 1. The minimum atomic E-state index is -0.706. The summed E-state index contributed by atoms with van der Waals surface area (Å²) in [5.41, 5.74) is 7.63. The van der Waals surface area contributed by atoms with Crippen molar-refractivity contribution in [1.29, 1.82) is 5.26 Å². The second-order valence-electron chi connectivity index (χ2n) is 8.41. The third kappa shape index (κ3) is 5.44. The zero-order valence-electron chi connectivity index (χ0n) is 18.1. The second-order valence-corrected chi connectivity index (χ2v) is 8.41. The summed E-state index contributed by atoms with van der Waals surface area (Å²) in [6.07, 6.45) is 5.77. The number of piperidine rings is 1. The van der Waals surface area contributed by atoms with Gasteiger partial charge < -0.3 is 16.0 Å². The fourth-order valence-corrected chi connectivity index (χ4v) is 3.93. The van der Waals surface area contributed by atoms with Gasteiger partial charge in [-0.3, -0.25) is 4.79 Å². The van der Waals surface area contributed by atoms with E-state index in [0.717, 1.165) is 37.3 Å². The minimum Gasteiger partial charge on any atom is -0.356 e. The number of amides is 1. The molecule has 0 aromatic heterocycles. The van der Waals surface area contributed by atoms with Crippen molar-refractivity contribution in [3.8, 4) is 6.07 Å². The van der Waals surface area contributed by atoms with Crippen LogP contribution in [0.4, 0.5) is 8.78 Å². The fourth-order valence-electron chi connectivity index (χ4n) is 3.93. The van der Waals surface area contributed by atoms with E-state index in [-0.39, 0.29) is 23.3 Å². The quantitative estimate of drug-likeness (QED) is 0.400. The highest BCUT2D eigenvalue weighted by Crippen LogP contribution is 2.41. The van der Waals surface area contributed by atoms with Crippen LogP contribution < -0.4 is 11.1 Å². The first-order chi connectivity index (χ1) is 16.0. The van der Waals surface area contributed by atoms with Crippen molar-refractivity contribution in [3.63, 3.8) is 0 Å². The Morgan fingerprint density at radius 1 is 1.12 bits per heavy atom. The van der Waals surface area contributed by atoms with Gasteiger partial charge in [0.1, 0.15) is 29.4 Å². The Hall–Kier alpha value is -3.57. The molecule has 170 valence electrons. The number of benzene rings is 2. The van der Waals surface area contributed by atoms with Crippen LogP contribution in [0.2, 0.25) is 0 Å². The number of nitrogens with zero attached hydrogens (tertiary/aromatic N) is 3. The molecular weight excluding hydrogens is 424 g/mol. The molecule has 0 spiro atoms. The Balaban J connectivity index is 1.74. The third-order valence-electron chi connectivity index (χ3n) is 5.99. The van der Waals surface area contributed by atoms with Crippen molar-refractivity contribution < 1.29 is 13.6 Å². The van der Waals surface area contributed by atoms with E-state index in [2.05, 4.69) is 10.3 Å². The van der Waals surface area contributed by atoms with Crippen LogP contribution in [0.15, 0.2) is 47.2 Å². The molecule has 1 aliphatic heterocycles. The van der Waals surface area contributed by atoms with Crippen molar-refractivity contribution in [3.05, 3.63) is 76.1 Å². The summed E-state index contributed by atoms with van der Waals surface area (Å²) in [6, 6.07) is 11.0. The first kappa shape index (κ1) is 22.6. The van der Waals surface area contributed by atoms with Gasteiger partial charge in [-0.05, 0) is 73.1 Å². The summed E-state index contributed by atoms with van der Waals surface area (Å²) in [7, 11) is 0. The number of likely N-dealkylation sites (tertiary alicyclic amines) is 1. The van der Waals surface area contributed by atoms with E-state index in [1.54, 1.807) is 12.1 Å². The molecule has 0 bridgehead atoms. The summed E-state index contributed by atoms with van der Waals surface area (Å²) < 4.78 is 28.8. The molecule has 1 saturated carbocycles. The Morgan fingerprint density at radius 2 is 1.88 bits per heavy atom. The standard InChI is InChI=1S/C25H25F2N5O/c26-22-13-18(4-5-19(22)14-28)25(30-15-33)31-24(32-9-7-20(29)8-10-32)12-16-1-6-21(17-2-3-17)23(27)11-16/h1,4-6,11-13,15,17,20H,2-3,7-10,29H2,(H,30,31,33)/b24-12+. The van der Waals surface area contributed by atoms with Gasteiger partial charge in [-0.2, -0.15) is 5.26 Å². The zero-order chi connectivity index (χ0) is 23.4. The van der Waals surface area contributed by atoms with E-state index in [1.165, 1.54) is 18.2 Å². The first-order valence-corrected chi connectivity index (χ1v) is 11.0. The number of nitrogens with two attached hydrogens (primary N) is 1. The van der Waals surface area contributed by atoms with Crippen LogP contribution in [0, 0.1) is 23.0 Å². The molecular formula is C25H25F2N5O. The molecule has 1 amide bonds. The molecule has 2 aromatic carbocycles. The van der Waals surface area contributed by atoms with Crippen molar-refractivity contribution in [1.82, 2.24) is 10.2 Å². The molecule has 1 saturated heterocycles. The minimum absolute atomic E-state index is 0.0990. The van der Waals surface area contributed by atoms with E-state index >= 15 is 0 Å². The van der Waals surface area contributed by atoms with E-state index in [4.69, 9.17) is 11.0 Å². The molecule has 1 aliphatic carbocycles. The number of nitrogens with one attached hydrogen (secondary N) is 1. The van der Waals surface area contributed by atoms with E-state index in [1.807, 2.05) is 17.0 Å². The monoisotopic (exact) mass is 449 g/mol. The lowest BCUT2D eigenvalue weighted by atomic mass is 10.0. The van der Waals surface area contributed by atoms with Gasteiger partial charge in [0.2, 0.25) is 6.41 Å². The van der Waals surface area contributed by atoms with Crippen LogP contribution >= 0.6 is 0 Å². The summed E-state index contributed by atoms with van der Waals surface area (Å²) in [4.78, 5) is 17.9. The molecule has 8 heteroatoms. The molecule has 0 atom stereocenters. The molecule has 33 heavy (non-hydrogen) atoms. The van der Waals surface area contributed by atoms with Crippen LogP contribution in [0.5, 0.6) is 0 Å². The number of rotatable bonds is 6. The van der Waals surface area contributed by atoms with Gasteiger partial charge in [0.15, 0.2) is 0 Å². The summed E-state index contributed by atoms with van der Waals surface area (Å²) in [6.45, 7) is 1.30. The second kappa shape index (κ2) is 9.92. The van der Waals surface area contributed by atoms with Gasteiger partial charge in [-0.15, -0.1) is 0 Å².